The highest BCUT2D eigenvalue weighted by molar-refractivity contribution is 5.36. The number of allylic oxidation sites excluding steroid dienone is 1. The molecule has 104 valence electrons. The Morgan fingerprint density at radius 3 is 2.89 bits per heavy atom. The largest absolute Gasteiger partial charge is 0.496 e. The Morgan fingerprint density at radius 1 is 1.26 bits per heavy atom. The Hall–Kier alpha value is -1.28. The minimum atomic E-state index is 0.887. The number of hydrogen-bond acceptors (Lipinski definition) is 2. The lowest BCUT2D eigenvalue weighted by Gasteiger charge is -2.14. The first-order valence-electron chi connectivity index (χ1n) is 7.32. The first-order chi connectivity index (χ1) is 9.29. The Kier molecular flexibility index (Phi) is 5.46. The van der Waals surface area contributed by atoms with Gasteiger partial charge in [0, 0.05) is 12.1 Å². The zero-order valence-electron chi connectivity index (χ0n) is 12.2. The van der Waals surface area contributed by atoms with Crippen LogP contribution in [0.4, 0.5) is 0 Å². The Labute approximate surface area is 116 Å². The summed E-state index contributed by atoms with van der Waals surface area (Å²) in [5.41, 5.74) is 4.17. The molecule has 1 aliphatic rings. The van der Waals surface area contributed by atoms with E-state index in [0.29, 0.717) is 0 Å². The quantitative estimate of drug-likeness (QED) is 0.616. The topological polar surface area (TPSA) is 21.3 Å². The summed E-state index contributed by atoms with van der Waals surface area (Å²) in [6.45, 7) is 4.07. The van der Waals surface area contributed by atoms with E-state index in [1.54, 1.807) is 12.7 Å². The molecular formula is C17H25NO. The highest BCUT2D eigenvalue weighted by Gasteiger charge is 2.05. The van der Waals surface area contributed by atoms with E-state index in [1.165, 1.54) is 43.2 Å². The number of aryl methyl sites for hydroxylation is 1. The molecule has 0 saturated heterocycles. The fourth-order valence-corrected chi connectivity index (χ4v) is 2.65. The smallest absolute Gasteiger partial charge is 0.123 e. The van der Waals surface area contributed by atoms with E-state index in [9.17, 15) is 0 Å². The number of benzene rings is 1. The van der Waals surface area contributed by atoms with Crippen LogP contribution in [-0.2, 0) is 6.54 Å². The predicted octanol–water partition coefficient (Wildman–Crippen LogP) is 3.98. The van der Waals surface area contributed by atoms with E-state index in [0.717, 1.165) is 18.8 Å². The van der Waals surface area contributed by atoms with Crippen LogP contribution in [0, 0.1) is 6.92 Å². The lowest BCUT2D eigenvalue weighted by molar-refractivity contribution is 0.407. The van der Waals surface area contributed by atoms with Crippen LogP contribution in [0.15, 0.2) is 29.8 Å². The maximum Gasteiger partial charge on any atom is 0.123 e. The van der Waals surface area contributed by atoms with E-state index in [2.05, 4.69) is 36.5 Å². The molecule has 0 unspecified atom stereocenters. The molecule has 0 heterocycles. The Balaban J connectivity index is 1.79. The third-order valence-electron chi connectivity index (χ3n) is 3.76. The molecule has 2 heteroatoms. The van der Waals surface area contributed by atoms with Crippen LogP contribution in [0.1, 0.15) is 43.2 Å². The third-order valence-corrected chi connectivity index (χ3v) is 3.76. The zero-order chi connectivity index (χ0) is 13.5. The maximum atomic E-state index is 5.40. The fourth-order valence-electron chi connectivity index (χ4n) is 2.65. The van der Waals surface area contributed by atoms with Crippen molar-refractivity contribution in [1.29, 1.82) is 0 Å². The zero-order valence-corrected chi connectivity index (χ0v) is 12.2. The van der Waals surface area contributed by atoms with Crippen molar-refractivity contribution < 1.29 is 4.74 Å². The molecule has 1 aliphatic carbocycles. The SMILES string of the molecule is COc1ccc(C)cc1CNCCC1=CCCCC1. The standard InChI is InChI=1S/C17H25NO/c1-14-8-9-17(19-2)16(12-14)13-18-11-10-15-6-4-3-5-7-15/h6,8-9,12,18H,3-5,7,10-11,13H2,1-2H3. The molecule has 0 radical (unpaired) electrons. The van der Waals surface area contributed by atoms with E-state index in [-0.39, 0.29) is 0 Å². The van der Waals surface area contributed by atoms with Gasteiger partial charge in [0.2, 0.25) is 0 Å². The second-order valence-corrected chi connectivity index (χ2v) is 5.35. The number of rotatable bonds is 6. The van der Waals surface area contributed by atoms with E-state index in [1.807, 2.05) is 0 Å². The lowest BCUT2D eigenvalue weighted by Crippen LogP contribution is -2.16. The van der Waals surface area contributed by atoms with Gasteiger partial charge in [-0.3, -0.25) is 0 Å². The van der Waals surface area contributed by atoms with Crippen molar-refractivity contribution in [2.75, 3.05) is 13.7 Å². The van der Waals surface area contributed by atoms with Crippen molar-refractivity contribution in [3.8, 4) is 5.75 Å². The molecule has 0 saturated carbocycles. The van der Waals surface area contributed by atoms with Gasteiger partial charge < -0.3 is 10.1 Å². The normalized spacial score (nSPS) is 15.2. The first-order valence-corrected chi connectivity index (χ1v) is 7.32. The van der Waals surface area contributed by atoms with Gasteiger partial charge in [-0.25, -0.2) is 0 Å². The Bertz CT molecular complexity index is 437. The summed E-state index contributed by atoms with van der Waals surface area (Å²) < 4.78 is 5.40. The van der Waals surface area contributed by atoms with E-state index in [4.69, 9.17) is 4.74 Å². The number of hydrogen-bond donors (Lipinski definition) is 1. The van der Waals surface area contributed by atoms with Gasteiger partial charge in [-0.1, -0.05) is 29.3 Å². The van der Waals surface area contributed by atoms with Crippen LogP contribution in [0.2, 0.25) is 0 Å². The molecule has 0 atom stereocenters. The van der Waals surface area contributed by atoms with E-state index < -0.39 is 0 Å². The second kappa shape index (κ2) is 7.34. The van der Waals surface area contributed by atoms with Gasteiger partial charge in [0.1, 0.15) is 5.75 Å². The summed E-state index contributed by atoms with van der Waals surface area (Å²) in [5, 5.41) is 3.53. The minimum Gasteiger partial charge on any atom is -0.496 e. The molecule has 19 heavy (non-hydrogen) atoms. The molecule has 2 nitrogen and oxygen atoms in total. The first kappa shape index (κ1) is 14.1. The van der Waals surface area contributed by atoms with Crippen LogP contribution >= 0.6 is 0 Å². The predicted molar refractivity (Wildman–Crippen MR) is 80.6 cm³/mol. The molecule has 0 amide bonds. The van der Waals surface area contributed by atoms with Gasteiger partial charge in [0.05, 0.1) is 7.11 Å². The van der Waals surface area contributed by atoms with Crippen molar-refractivity contribution in [2.24, 2.45) is 0 Å². The molecular weight excluding hydrogens is 234 g/mol. The van der Waals surface area contributed by atoms with Crippen molar-refractivity contribution in [1.82, 2.24) is 5.32 Å². The highest BCUT2D eigenvalue weighted by Crippen LogP contribution is 2.21. The average Bonchev–Trinajstić information content (AvgIpc) is 2.45. The van der Waals surface area contributed by atoms with Gasteiger partial charge in [0.15, 0.2) is 0 Å². The summed E-state index contributed by atoms with van der Waals surface area (Å²) in [4.78, 5) is 0. The molecule has 0 aliphatic heterocycles. The van der Waals surface area contributed by atoms with Crippen LogP contribution in [-0.4, -0.2) is 13.7 Å². The third kappa shape index (κ3) is 4.39. The number of nitrogens with one attached hydrogen (secondary N) is 1. The molecule has 0 spiro atoms. The molecule has 0 aromatic heterocycles. The van der Waals surface area contributed by atoms with Crippen molar-refractivity contribution in [3.05, 3.63) is 41.0 Å². The molecule has 1 N–H and O–H groups in total. The summed E-state index contributed by atoms with van der Waals surface area (Å²) in [7, 11) is 1.74. The molecule has 0 bridgehead atoms. The van der Waals surface area contributed by atoms with Crippen molar-refractivity contribution in [2.45, 2.75) is 45.6 Å². The molecule has 1 aromatic carbocycles. The van der Waals surface area contributed by atoms with Gasteiger partial charge in [0.25, 0.3) is 0 Å². The van der Waals surface area contributed by atoms with Crippen molar-refractivity contribution in [3.63, 3.8) is 0 Å². The summed E-state index contributed by atoms with van der Waals surface area (Å²) in [6.07, 6.45) is 8.94. The second-order valence-electron chi connectivity index (χ2n) is 5.35. The summed E-state index contributed by atoms with van der Waals surface area (Å²) in [6, 6.07) is 6.34. The molecule has 2 rings (SSSR count). The fraction of sp³-hybridized carbons (Fsp3) is 0.529. The van der Waals surface area contributed by atoms with Crippen LogP contribution < -0.4 is 10.1 Å². The van der Waals surface area contributed by atoms with Crippen molar-refractivity contribution >= 4 is 0 Å². The van der Waals surface area contributed by atoms with Crippen LogP contribution in [0.25, 0.3) is 0 Å². The minimum absolute atomic E-state index is 0.887. The summed E-state index contributed by atoms with van der Waals surface area (Å²) in [5.74, 6) is 0.981. The van der Waals surface area contributed by atoms with Gasteiger partial charge in [-0.05, 0) is 51.6 Å². The van der Waals surface area contributed by atoms with Gasteiger partial charge >= 0.3 is 0 Å². The van der Waals surface area contributed by atoms with E-state index >= 15 is 0 Å². The van der Waals surface area contributed by atoms with Crippen LogP contribution in [0.3, 0.4) is 0 Å². The Morgan fingerprint density at radius 2 is 2.16 bits per heavy atom. The van der Waals surface area contributed by atoms with Gasteiger partial charge in [-0.15, -0.1) is 0 Å². The summed E-state index contributed by atoms with van der Waals surface area (Å²) >= 11 is 0. The molecule has 1 aromatic rings. The number of ether oxygens (including phenoxy) is 1. The molecule has 0 fully saturated rings. The maximum absolute atomic E-state index is 5.40. The highest BCUT2D eigenvalue weighted by atomic mass is 16.5. The average molecular weight is 259 g/mol. The number of methoxy groups -OCH3 is 1. The van der Waals surface area contributed by atoms with Crippen LogP contribution in [0.5, 0.6) is 5.75 Å². The lowest BCUT2D eigenvalue weighted by atomic mass is 9.97. The monoisotopic (exact) mass is 259 g/mol. The van der Waals surface area contributed by atoms with Gasteiger partial charge in [-0.2, -0.15) is 0 Å².